The Balaban J connectivity index is 1.23. The number of nitrogens with zero attached hydrogens (tertiary/aromatic N) is 3. The minimum Gasteiger partial charge on any atom is -0.461 e. The van der Waals surface area contributed by atoms with Crippen molar-refractivity contribution in [2.24, 2.45) is 0 Å². The number of esters is 1. The maximum atomic E-state index is 13.6. The summed E-state index contributed by atoms with van der Waals surface area (Å²) in [7, 11) is 3.90. The predicted octanol–water partition coefficient (Wildman–Crippen LogP) is 5.93. The molecule has 0 atom stereocenters. The van der Waals surface area contributed by atoms with Crippen molar-refractivity contribution < 1.29 is 13.9 Å². The van der Waals surface area contributed by atoms with Crippen LogP contribution in [0.4, 0.5) is 4.39 Å². The van der Waals surface area contributed by atoms with Crippen LogP contribution in [0.5, 0.6) is 0 Å². The minimum atomic E-state index is -0.277. The third-order valence-electron chi connectivity index (χ3n) is 7.30. The van der Waals surface area contributed by atoms with Gasteiger partial charge in [-0.3, -0.25) is 9.88 Å². The van der Waals surface area contributed by atoms with Crippen LogP contribution in [0, 0.1) is 5.82 Å². The van der Waals surface area contributed by atoms with E-state index in [-0.39, 0.29) is 11.8 Å². The highest BCUT2D eigenvalue weighted by Gasteiger charge is 2.21. The lowest BCUT2D eigenvalue weighted by atomic mass is 9.92. The maximum Gasteiger partial charge on any atom is 0.338 e. The van der Waals surface area contributed by atoms with E-state index in [2.05, 4.69) is 27.1 Å². The van der Waals surface area contributed by atoms with Crippen molar-refractivity contribution in [1.82, 2.24) is 19.8 Å². The molecule has 2 aromatic carbocycles. The molecule has 0 aliphatic carbocycles. The Morgan fingerprint density at radius 1 is 1.02 bits per heavy atom. The predicted molar refractivity (Wildman–Crippen MR) is 157 cm³/mol. The highest BCUT2D eigenvalue weighted by atomic mass is 19.1. The molecule has 0 amide bonds. The van der Waals surface area contributed by atoms with E-state index in [1.807, 2.05) is 67.5 Å². The number of nitrogens with one attached hydrogen (secondary N) is 1. The number of carbonyl (C=O) groups is 1. The van der Waals surface area contributed by atoms with Gasteiger partial charge in [-0.2, -0.15) is 0 Å². The second-order valence-corrected chi connectivity index (χ2v) is 10.4. The Hall–Kier alpha value is -4.07. The van der Waals surface area contributed by atoms with Gasteiger partial charge in [-0.15, -0.1) is 0 Å². The molecule has 0 bridgehead atoms. The van der Waals surface area contributed by atoms with Gasteiger partial charge in [-0.05, 0) is 97.7 Å². The highest BCUT2D eigenvalue weighted by molar-refractivity contribution is 5.91. The van der Waals surface area contributed by atoms with Crippen LogP contribution in [0.2, 0.25) is 0 Å². The zero-order valence-corrected chi connectivity index (χ0v) is 23.1. The fraction of sp³-hybridized carbons (Fsp3) is 0.273. The lowest BCUT2D eigenvalue weighted by molar-refractivity contribution is 0.0482. The molecule has 5 rings (SSSR count). The van der Waals surface area contributed by atoms with Crippen molar-refractivity contribution in [2.75, 3.05) is 46.9 Å². The summed E-state index contributed by atoms with van der Waals surface area (Å²) in [6.07, 6.45) is 9.86. The van der Waals surface area contributed by atoms with Crippen molar-refractivity contribution in [3.63, 3.8) is 0 Å². The van der Waals surface area contributed by atoms with Gasteiger partial charge in [0.25, 0.3) is 0 Å². The van der Waals surface area contributed by atoms with Gasteiger partial charge >= 0.3 is 5.97 Å². The fourth-order valence-corrected chi connectivity index (χ4v) is 5.00. The SMILES string of the molecule is CN(C)CCOC(=O)c1ccc(CCN2CC=C(c3c[nH]c(-c4ccc(F)cc4)c3-c3ccncc3)CC2)cc1. The first-order valence-corrected chi connectivity index (χ1v) is 13.7. The molecule has 0 saturated carbocycles. The van der Waals surface area contributed by atoms with Gasteiger partial charge in [0.1, 0.15) is 12.4 Å². The number of ether oxygens (including phenoxy) is 1. The summed E-state index contributed by atoms with van der Waals surface area (Å²) in [5.41, 5.74) is 8.41. The van der Waals surface area contributed by atoms with Crippen molar-refractivity contribution in [3.8, 4) is 22.4 Å². The van der Waals surface area contributed by atoms with Gasteiger partial charge in [-0.1, -0.05) is 18.2 Å². The van der Waals surface area contributed by atoms with E-state index in [1.165, 1.54) is 28.8 Å². The van der Waals surface area contributed by atoms with E-state index in [0.29, 0.717) is 18.7 Å². The van der Waals surface area contributed by atoms with Crippen molar-refractivity contribution in [1.29, 1.82) is 0 Å². The Bertz CT molecular complexity index is 1440. The number of carbonyl (C=O) groups excluding carboxylic acids is 1. The molecule has 0 fully saturated rings. The molecular formula is C33H35FN4O2. The first-order chi connectivity index (χ1) is 19.5. The zero-order valence-electron chi connectivity index (χ0n) is 23.1. The molecule has 1 aliphatic rings. The van der Waals surface area contributed by atoms with Crippen LogP contribution in [0.1, 0.15) is 27.9 Å². The average molecular weight is 539 g/mol. The van der Waals surface area contributed by atoms with E-state index in [4.69, 9.17) is 4.74 Å². The van der Waals surface area contributed by atoms with Crippen molar-refractivity contribution >= 4 is 11.5 Å². The zero-order chi connectivity index (χ0) is 27.9. The number of H-pyrrole nitrogens is 1. The summed E-state index contributed by atoms with van der Waals surface area (Å²) < 4.78 is 18.9. The summed E-state index contributed by atoms with van der Waals surface area (Å²) in [4.78, 5) is 24.3. The molecule has 1 aliphatic heterocycles. The molecular weight excluding hydrogens is 503 g/mol. The molecule has 0 spiro atoms. The second kappa shape index (κ2) is 12.9. The van der Waals surface area contributed by atoms with Crippen LogP contribution < -0.4 is 0 Å². The smallest absolute Gasteiger partial charge is 0.338 e. The summed E-state index contributed by atoms with van der Waals surface area (Å²) in [6.45, 7) is 3.88. The van der Waals surface area contributed by atoms with Crippen molar-refractivity contribution in [3.05, 3.63) is 108 Å². The average Bonchev–Trinajstić information content (AvgIpc) is 3.42. The van der Waals surface area contributed by atoms with E-state index in [9.17, 15) is 9.18 Å². The number of rotatable bonds is 10. The largest absolute Gasteiger partial charge is 0.461 e. The third kappa shape index (κ3) is 6.73. The number of halogens is 1. The standard InChI is InChI=1S/C33H35FN4O2/c1-37(2)21-22-40-33(39)28-5-3-24(4-6-28)13-18-38-19-14-25(15-20-38)30-23-36-32(27-7-9-29(34)10-8-27)31(30)26-11-16-35-17-12-26/h3-12,14,16-17,23,36H,13,15,18-22H2,1-2H3. The molecule has 0 radical (unpaired) electrons. The van der Waals surface area contributed by atoms with Crippen molar-refractivity contribution in [2.45, 2.75) is 12.8 Å². The van der Waals surface area contributed by atoms with E-state index in [1.54, 1.807) is 12.4 Å². The molecule has 1 N–H and O–H groups in total. The van der Waals surface area contributed by atoms with Gasteiger partial charge in [0.15, 0.2) is 0 Å². The Kier molecular flexibility index (Phi) is 8.84. The number of aromatic nitrogens is 2. The summed E-state index contributed by atoms with van der Waals surface area (Å²) in [5, 5.41) is 0. The summed E-state index contributed by atoms with van der Waals surface area (Å²) in [5.74, 6) is -0.522. The van der Waals surface area contributed by atoms with Gasteiger partial charge in [0, 0.05) is 55.9 Å². The molecule has 4 aromatic rings. The second-order valence-electron chi connectivity index (χ2n) is 10.4. The Labute approximate surface area is 235 Å². The van der Waals surface area contributed by atoms with E-state index >= 15 is 0 Å². The lowest BCUT2D eigenvalue weighted by Crippen LogP contribution is -2.30. The molecule has 0 saturated heterocycles. The Morgan fingerprint density at radius 3 is 2.45 bits per heavy atom. The van der Waals surface area contributed by atoms with Crippen LogP contribution >= 0.6 is 0 Å². The minimum absolute atomic E-state index is 0.245. The molecule has 6 nitrogen and oxygen atoms in total. The van der Waals surface area contributed by atoms with Crippen LogP contribution in [-0.2, 0) is 11.2 Å². The number of likely N-dealkylation sites (N-methyl/N-ethyl adjacent to an activating group) is 1. The molecule has 0 unspecified atom stereocenters. The van der Waals surface area contributed by atoms with E-state index < -0.39 is 0 Å². The number of pyridine rings is 1. The third-order valence-corrected chi connectivity index (χ3v) is 7.30. The van der Waals surface area contributed by atoms with Crippen LogP contribution in [-0.4, -0.2) is 72.6 Å². The summed E-state index contributed by atoms with van der Waals surface area (Å²) in [6, 6.07) is 18.4. The van der Waals surface area contributed by atoms with E-state index in [0.717, 1.165) is 54.9 Å². The summed E-state index contributed by atoms with van der Waals surface area (Å²) >= 11 is 0. The molecule has 2 aromatic heterocycles. The molecule has 7 heteroatoms. The van der Waals surface area contributed by atoms with Gasteiger partial charge < -0.3 is 14.6 Å². The van der Waals surface area contributed by atoms with Crippen LogP contribution in [0.25, 0.3) is 28.0 Å². The number of hydrogen-bond donors (Lipinski definition) is 1. The monoisotopic (exact) mass is 538 g/mol. The first-order valence-electron chi connectivity index (χ1n) is 13.7. The molecule has 40 heavy (non-hydrogen) atoms. The fourth-order valence-electron chi connectivity index (χ4n) is 5.00. The van der Waals surface area contributed by atoms with Gasteiger partial charge in [0.05, 0.1) is 11.3 Å². The molecule has 3 heterocycles. The first kappa shape index (κ1) is 27.5. The van der Waals surface area contributed by atoms with Gasteiger partial charge in [0.2, 0.25) is 0 Å². The molecule has 206 valence electrons. The quantitative estimate of drug-likeness (QED) is 0.254. The Morgan fingerprint density at radius 2 is 1.77 bits per heavy atom. The lowest BCUT2D eigenvalue weighted by Gasteiger charge is -2.26. The van der Waals surface area contributed by atoms with Crippen LogP contribution in [0.15, 0.2) is 85.3 Å². The van der Waals surface area contributed by atoms with Gasteiger partial charge in [-0.25, -0.2) is 9.18 Å². The van der Waals surface area contributed by atoms with Crippen LogP contribution in [0.3, 0.4) is 0 Å². The number of hydrogen-bond acceptors (Lipinski definition) is 5. The number of benzene rings is 2. The maximum absolute atomic E-state index is 13.6. The highest BCUT2D eigenvalue weighted by Crippen LogP contribution is 2.39. The normalized spacial score (nSPS) is 13.8. The number of aromatic amines is 1. The topological polar surface area (TPSA) is 61.5 Å².